The van der Waals surface area contributed by atoms with E-state index in [0.717, 1.165) is 43.6 Å². The number of phenols is 1. The molecule has 2 saturated carbocycles. The summed E-state index contributed by atoms with van der Waals surface area (Å²) in [4.78, 5) is 71.1. The van der Waals surface area contributed by atoms with Gasteiger partial charge >= 0.3 is 0 Å². The third-order valence-electron chi connectivity index (χ3n) is 10.1. The number of nitrogens with zero attached hydrogens (tertiary/aromatic N) is 2. The van der Waals surface area contributed by atoms with Crippen LogP contribution < -0.4 is 10.5 Å². The van der Waals surface area contributed by atoms with E-state index in [0.29, 0.717) is 16.9 Å². The van der Waals surface area contributed by atoms with E-state index in [2.05, 4.69) is 4.90 Å². The standard InChI is InChI=1S/C33H37N3O8/c1-35(2)27-21-14-17-13-20-18(19-12-16(6-9-23(19)44-3)15-36-10-4-5-11-36)7-8-22(37)25(20)28(38)24(17)30(40)33(21,43)31(41)26(29(27)39)32(34)42/h6-9,12,17,21,24,26-27,37,43H,4-5,10-11,13-15H2,1-3H3,(H2,34,42)/t17-,21-,24?,26?,27-,33-/m1/s1. The number of Topliss-reactive ketones (excluding diaryl/α,β-unsaturated/α-hetero) is 4. The molecule has 1 saturated heterocycles. The molecule has 0 radical (unpaired) electrons. The highest BCUT2D eigenvalue weighted by molar-refractivity contribution is 6.32. The summed E-state index contributed by atoms with van der Waals surface area (Å²) in [6.07, 6.45) is 2.48. The number of phenolic OH excluding ortho intramolecular Hbond substituents is 1. The van der Waals surface area contributed by atoms with Gasteiger partial charge in [0.15, 0.2) is 34.7 Å². The maximum absolute atomic E-state index is 14.1. The minimum atomic E-state index is -2.75. The number of nitrogens with two attached hydrogens (primary N) is 1. The fourth-order valence-corrected chi connectivity index (χ4v) is 8.12. The second-order valence-corrected chi connectivity index (χ2v) is 12.8. The Balaban J connectivity index is 1.45. The van der Waals surface area contributed by atoms with Crippen molar-refractivity contribution in [1.29, 1.82) is 0 Å². The Morgan fingerprint density at radius 1 is 1.07 bits per heavy atom. The van der Waals surface area contributed by atoms with Crippen LogP contribution in [0.5, 0.6) is 11.5 Å². The van der Waals surface area contributed by atoms with E-state index in [1.54, 1.807) is 27.3 Å². The van der Waals surface area contributed by atoms with Gasteiger partial charge in [-0.05, 0) is 93.7 Å². The first-order valence-corrected chi connectivity index (χ1v) is 15.0. The molecule has 1 heterocycles. The summed E-state index contributed by atoms with van der Waals surface area (Å²) >= 11 is 0. The number of hydrogen-bond acceptors (Lipinski definition) is 10. The Hall–Kier alpha value is -3.93. The maximum atomic E-state index is 14.1. The number of rotatable bonds is 6. The SMILES string of the molecule is COc1ccc(CN2CCCC2)cc1-c1ccc(O)c2c1C[C@@H]1C[C@@H]3[C@@H](N(C)C)C(=O)C(C(N)=O)C(=O)[C@]3(O)C(=O)C1C2=O. The average molecular weight is 604 g/mol. The molecule has 4 N–H and O–H groups in total. The predicted molar refractivity (Wildman–Crippen MR) is 158 cm³/mol. The average Bonchev–Trinajstić information content (AvgIpc) is 3.48. The van der Waals surface area contributed by atoms with Gasteiger partial charge in [-0.3, -0.25) is 33.8 Å². The molecule has 0 aromatic heterocycles. The van der Waals surface area contributed by atoms with Crippen LogP contribution in [0.1, 0.15) is 40.7 Å². The zero-order valence-electron chi connectivity index (χ0n) is 25.0. The van der Waals surface area contributed by atoms with Crippen LogP contribution in [-0.4, -0.2) is 95.0 Å². The highest BCUT2D eigenvalue weighted by Crippen LogP contribution is 2.52. The third-order valence-corrected chi connectivity index (χ3v) is 10.1. The van der Waals surface area contributed by atoms with E-state index in [9.17, 15) is 34.2 Å². The number of ketones is 4. The zero-order chi connectivity index (χ0) is 31.7. The van der Waals surface area contributed by atoms with E-state index in [4.69, 9.17) is 10.5 Å². The third kappa shape index (κ3) is 4.40. The van der Waals surface area contributed by atoms with Gasteiger partial charge in [0.25, 0.3) is 0 Å². The molecule has 44 heavy (non-hydrogen) atoms. The Kier molecular flexibility index (Phi) is 7.46. The lowest BCUT2D eigenvalue weighted by Crippen LogP contribution is -2.74. The van der Waals surface area contributed by atoms with Crippen LogP contribution in [0.4, 0.5) is 0 Å². The Morgan fingerprint density at radius 3 is 2.41 bits per heavy atom. The number of likely N-dealkylation sites (tertiary alicyclic amines) is 1. The highest BCUT2D eigenvalue weighted by Gasteiger charge is 2.69. The summed E-state index contributed by atoms with van der Waals surface area (Å²) in [6.45, 7) is 2.80. The van der Waals surface area contributed by atoms with Crippen LogP contribution in [0.3, 0.4) is 0 Å². The summed E-state index contributed by atoms with van der Waals surface area (Å²) in [7, 11) is 4.68. The van der Waals surface area contributed by atoms with Gasteiger partial charge in [0.2, 0.25) is 5.91 Å². The number of fused-ring (bicyclic) bond motifs is 3. The van der Waals surface area contributed by atoms with Gasteiger partial charge in [-0.25, -0.2) is 0 Å². The first-order chi connectivity index (χ1) is 20.9. The van der Waals surface area contributed by atoms with Crippen molar-refractivity contribution in [3.63, 3.8) is 0 Å². The van der Waals surface area contributed by atoms with E-state index < -0.39 is 64.4 Å². The number of primary amides is 1. The second-order valence-electron chi connectivity index (χ2n) is 12.8. The molecule has 11 nitrogen and oxygen atoms in total. The predicted octanol–water partition coefficient (Wildman–Crippen LogP) is 1.14. The van der Waals surface area contributed by atoms with Gasteiger partial charge in [0.1, 0.15) is 11.5 Å². The van der Waals surface area contributed by atoms with Gasteiger partial charge in [-0.1, -0.05) is 12.1 Å². The first-order valence-electron chi connectivity index (χ1n) is 15.0. The topological polar surface area (TPSA) is 168 Å². The Labute approximate surface area is 254 Å². The van der Waals surface area contributed by atoms with Crippen molar-refractivity contribution < 1.29 is 38.9 Å². The number of benzene rings is 2. The molecule has 3 fully saturated rings. The monoisotopic (exact) mass is 603 g/mol. The number of carbonyl (C=O) groups excluding carboxylic acids is 5. The molecular weight excluding hydrogens is 566 g/mol. The molecule has 2 aromatic carbocycles. The van der Waals surface area contributed by atoms with Gasteiger partial charge in [-0.15, -0.1) is 0 Å². The van der Waals surface area contributed by atoms with Crippen LogP contribution >= 0.6 is 0 Å². The second kappa shape index (κ2) is 10.9. The Bertz CT molecular complexity index is 1600. The molecule has 0 spiro atoms. The smallest absolute Gasteiger partial charge is 0.235 e. The van der Waals surface area contributed by atoms with Crippen LogP contribution in [-0.2, 0) is 32.1 Å². The van der Waals surface area contributed by atoms with Crippen molar-refractivity contribution in [3.8, 4) is 22.6 Å². The molecule has 11 heteroatoms. The molecule has 0 bridgehead atoms. The number of methoxy groups -OCH3 is 1. The summed E-state index contributed by atoms with van der Waals surface area (Å²) < 4.78 is 5.71. The van der Waals surface area contributed by atoms with Crippen LogP contribution in [0.15, 0.2) is 30.3 Å². The fraction of sp³-hybridized carbons (Fsp3) is 0.485. The molecule has 232 valence electrons. The summed E-state index contributed by atoms with van der Waals surface area (Å²) in [6, 6.07) is 7.90. The number of hydrogen-bond donors (Lipinski definition) is 3. The van der Waals surface area contributed by atoms with Crippen LogP contribution in [0, 0.1) is 23.7 Å². The number of amides is 1. The molecule has 1 aliphatic heterocycles. The first kappa shape index (κ1) is 30.1. The van der Waals surface area contributed by atoms with Gasteiger partial charge < -0.3 is 20.7 Å². The normalized spacial score (nSPS) is 30.2. The molecule has 1 amide bonds. The van der Waals surface area contributed by atoms with Crippen molar-refractivity contribution in [2.75, 3.05) is 34.3 Å². The maximum Gasteiger partial charge on any atom is 0.235 e. The molecule has 2 aromatic rings. The number of ether oxygens (including phenoxy) is 1. The minimum absolute atomic E-state index is 0.00880. The number of aliphatic hydroxyl groups is 1. The highest BCUT2D eigenvalue weighted by atomic mass is 16.5. The summed E-state index contributed by atoms with van der Waals surface area (Å²) in [5.41, 5.74) is 5.62. The summed E-state index contributed by atoms with van der Waals surface area (Å²) in [5, 5.41) is 22.7. The molecule has 6 atom stereocenters. The van der Waals surface area contributed by atoms with Crippen LogP contribution in [0.25, 0.3) is 11.1 Å². The van der Waals surface area contributed by atoms with E-state index in [1.165, 1.54) is 11.0 Å². The quantitative estimate of drug-likeness (QED) is 0.407. The largest absolute Gasteiger partial charge is 0.507 e. The van der Waals surface area contributed by atoms with Gasteiger partial charge in [0, 0.05) is 18.0 Å². The lowest BCUT2D eigenvalue weighted by Gasteiger charge is -2.52. The lowest BCUT2D eigenvalue weighted by molar-refractivity contribution is -0.181. The van der Waals surface area contributed by atoms with Gasteiger partial charge in [-0.2, -0.15) is 0 Å². The van der Waals surface area contributed by atoms with Gasteiger partial charge in [0.05, 0.1) is 24.6 Å². The zero-order valence-corrected chi connectivity index (χ0v) is 25.0. The van der Waals surface area contributed by atoms with Crippen LogP contribution in [0.2, 0.25) is 0 Å². The minimum Gasteiger partial charge on any atom is -0.507 e. The molecular formula is C33H37N3O8. The molecule has 4 aliphatic rings. The van der Waals surface area contributed by atoms with Crippen molar-refractivity contribution in [2.24, 2.45) is 29.4 Å². The number of aromatic hydroxyl groups is 1. The van der Waals surface area contributed by atoms with Crippen molar-refractivity contribution in [2.45, 2.75) is 43.9 Å². The Morgan fingerprint density at radius 2 is 1.77 bits per heavy atom. The van der Waals surface area contributed by atoms with E-state index in [-0.39, 0.29) is 24.2 Å². The molecule has 6 rings (SSSR count). The number of likely N-dealkylation sites (N-methyl/N-ethyl adjacent to an activating group) is 1. The lowest BCUT2D eigenvalue weighted by atomic mass is 9.52. The summed E-state index contributed by atoms with van der Waals surface area (Å²) in [5.74, 6) is -10.1. The van der Waals surface area contributed by atoms with E-state index in [1.807, 2.05) is 18.2 Å². The van der Waals surface area contributed by atoms with E-state index >= 15 is 0 Å². The van der Waals surface area contributed by atoms with Crippen molar-refractivity contribution in [1.82, 2.24) is 9.80 Å². The van der Waals surface area contributed by atoms with Crippen molar-refractivity contribution in [3.05, 3.63) is 47.0 Å². The molecule has 2 unspecified atom stereocenters. The molecule has 3 aliphatic carbocycles. The fourth-order valence-electron chi connectivity index (χ4n) is 8.12. The van der Waals surface area contributed by atoms with Crippen molar-refractivity contribution >= 4 is 29.0 Å². The number of carbonyl (C=O) groups is 5.